The molecule has 1 aliphatic heterocycles. The van der Waals surface area contributed by atoms with Crippen molar-refractivity contribution in [3.05, 3.63) is 18.0 Å². The molecule has 1 saturated carbocycles. The number of likely N-dealkylation sites (tertiary alicyclic amines) is 1. The second-order valence-electron chi connectivity index (χ2n) is 7.97. The van der Waals surface area contributed by atoms with E-state index in [1.165, 1.54) is 32.1 Å². The number of carbonyl (C=O) groups is 1. The zero-order chi connectivity index (χ0) is 17.9. The Balaban J connectivity index is 1.47. The molecular formula is C20H29N5O. The number of amides is 1. The number of anilines is 1. The Bertz CT molecular complexity index is 765. The van der Waals surface area contributed by atoms with Gasteiger partial charge >= 0.3 is 0 Å². The zero-order valence-corrected chi connectivity index (χ0v) is 15.6. The maximum Gasteiger partial charge on any atom is 0.222 e. The number of aromatic nitrogens is 3. The van der Waals surface area contributed by atoms with Crippen molar-refractivity contribution >= 4 is 22.6 Å². The molecular weight excluding hydrogens is 326 g/mol. The van der Waals surface area contributed by atoms with Crippen LogP contribution in [0.15, 0.2) is 12.3 Å². The highest BCUT2D eigenvalue weighted by Gasteiger charge is 2.23. The van der Waals surface area contributed by atoms with E-state index >= 15 is 0 Å². The molecule has 0 radical (unpaired) electrons. The van der Waals surface area contributed by atoms with E-state index in [9.17, 15) is 4.79 Å². The number of fused-ring (bicyclic) bond motifs is 1. The number of rotatable bonds is 5. The maximum atomic E-state index is 12.5. The molecule has 2 aromatic rings. The van der Waals surface area contributed by atoms with Crippen LogP contribution in [0.2, 0.25) is 0 Å². The van der Waals surface area contributed by atoms with E-state index in [-0.39, 0.29) is 5.91 Å². The van der Waals surface area contributed by atoms with E-state index in [0.717, 1.165) is 41.9 Å². The Hall–Kier alpha value is -2.11. The third-order valence-electron chi connectivity index (χ3n) is 5.85. The normalized spacial score (nSPS) is 21.4. The van der Waals surface area contributed by atoms with E-state index < -0.39 is 0 Å². The second kappa shape index (κ2) is 7.64. The summed E-state index contributed by atoms with van der Waals surface area (Å²) in [5.41, 5.74) is 1.95. The van der Waals surface area contributed by atoms with Crippen molar-refractivity contribution in [1.29, 1.82) is 0 Å². The van der Waals surface area contributed by atoms with Gasteiger partial charge in [-0.1, -0.05) is 26.2 Å². The molecule has 1 unspecified atom stereocenters. The zero-order valence-electron chi connectivity index (χ0n) is 15.6. The molecule has 26 heavy (non-hydrogen) atoms. The number of nitrogens with zero attached hydrogens (tertiary/aromatic N) is 3. The third-order valence-corrected chi connectivity index (χ3v) is 5.85. The first-order chi connectivity index (χ1) is 12.7. The van der Waals surface area contributed by atoms with Crippen LogP contribution >= 0.6 is 0 Å². The van der Waals surface area contributed by atoms with Gasteiger partial charge < -0.3 is 10.2 Å². The summed E-state index contributed by atoms with van der Waals surface area (Å²) in [7, 11) is 0. The van der Waals surface area contributed by atoms with Gasteiger partial charge in [0.25, 0.3) is 0 Å². The van der Waals surface area contributed by atoms with Crippen molar-refractivity contribution in [2.75, 3.05) is 18.4 Å². The number of pyridine rings is 1. The number of hydrogen-bond donors (Lipinski definition) is 2. The van der Waals surface area contributed by atoms with E-state index in [1.807, 2.05) is 17.2 Å². The van der Waals surface area contributed by atoms with Gasteiger partial charge in [0.2, 0.25) is 5.91 Å². The van der Waals surface area contributed by atoms with Crippen LogP contribution in [0.3, 0.4) is 0 Å². The molecule has 2 fully saturated rings. The fourth-order valence-corrected chi connectivity index (χ4v) is 4.31. The average molecular weight is 355 g/mol. The molecule has 2 aromatic heterocycles. The van der Waals surface area contributed by atoms with E-state index in [1.54, 1.807) is 0 Å². The van der Waals surface area contributed by atoms with Crippen LogP contribution in [-0.4, -0.2) is 45.1 Å². The standard InChI is InChI=1S/C20H29N5O/c1-14-10-12-25(13-14)18(26)8-7-16-19-17(24-23-16)9-11-21-20(19)22-15-5-3-2-4-6-15/h9,11,14-15H,2-8,10,12-13H2,1H3,(H,21,22)(H,23,24). The van der Waals surface area contributed by atoms with Crippen LogP contribution in [-0.2, 0) is 11.2 Å². The molecule has 3 heterocycles. The van der Waals surface area contributed by atoms with Crippen molar-refractivity contribution in [2.24, 2.45) is 5.92 Å². The van der Waals surface area contributed by atoms with Crippen LogP contribution in [0.25, 0.3) is 10.9 Å². The van der Waals surface area contributed by atoms with Gasteiger partial charge in [-0.05, 0) is 37.7 Å². The van der Waals surface area contributed by atoms with Crippen molar-refractivity contribution in [1.82, 2.24) is 20.1 Å². The minimum atomic E-state index is 0.253. The fraction of sp³-hybridized carbons (Fsp3) is 0.650. The van der Waals surface area contributed by atoms with Crippen molar-refractivity contribution < 1.29 is 4.79 Å². The molecule has 0 spiro atoms. The number of aryl methyl sites for hydroxylation is 1. The summed E-state index contributed by atoms with van der Waals surface area (Å²) < 4.78 is 0. The molecule has 1 aliphatic carbocycles. The summed E-state index contributed by atoms with van der Waals surface area (Å²) in [6, 6.07) is 2.43. The first kappa shape index (κ1) is 17.3. The lowest BCUT2D eigenvalue weighted by Crippen LogP contribution is -2.28. The highest BCUT2D eigenvalue weighted by atomic mass is 16.2. The first-order valence-electron chi connectivity index (χ1n) is 10.1. The second-order valence-corrected chi connectivity index (χ2v) is 7.97. The highest BCUT2D eigenvalue weighted by molar-refractivity contribution is 5.92. The Morgan fingerprint density at radius 2 is 2.15 bits per heavy atom. The molecule has 0 bridgehead atoms. The fourth-order valence-electron chi connectivity index (χ4n) is 4.31. The van der Waals surface area contributed by atoms with Gasteiger partial charge in [0.1, 0.15) is 5.82 Å². The Morgan fingerprint density at radius 3 is 2.92 bits per heavy atom. The first-order valence-corrected chi connectivity index (χ1v) is 10.1. The monoisotopic (exact) mass is 355 g/mol. The van der Waals surface area contributed by atoms with Crippen molar-refractivity contribution in [3.8, 4) is 0 Å². The summed E-state index contributed by atoms with van der Waals surface area (Å²) >= 11 is 0. The lowest BCUT2D eigenvalue weighted by atomic mass is 9.95. The van der Waals surface area contributed by atoms with Crippen LogP contribution < -0.4 is 5.32 Å². The van der Waals surface area contributed by atoms with Gasteiger partial charge in [0.15, 0.2) is 0 Å². The van der Waals surface area contributed by atoms with Crippen molar-refractivity contribution in [2.45, 2.75) is 64.3 Å². The molecule has 1 saturated heterocycles. The molecule has 1 atom stereocenters. The summed E-state index contributed by atoms with van der Waals surface area (Å²) in [5, 5.41) is 12.3. The summed E-state index contributed by atoms with van der Waals surface area (Å²) in [4.78, 5) is 19.1. The van der Waals surface area contributed by atoms with E-state index in [2.05, 4.69) is 27.4 Å². The van der Waals surface area contributed by atoms with Gasteiger partial charge in [0.05, 0.1) is 10.9 Å². The number of aromatic amines is 1. The molecule has 2 N–H and O–H groups in total. The Morgan fingerprint density at radius 1 is 1.31 bits per heavy atom. The number of hydrogen-bond acceptors (Lipinski definition) is 4. The molecule has 1 amide bonds. The highest BCUT2D eigenvalue weighted by Crippen LogP contribution is 2.28. The predicted octanol–water partition coefficient (Wildman–Crippen LogP) is 3.50. The minimum absolute atomic E-state index is 0.253. The average Bonchev–Trinajstić information content (AvgIpc) is 3.27. The van der Waals surface area contributed by atoms with Gasteiger partial charge in [0, 0.05) is 37.4 Å². The number of carbonyl (C=O) groups excluding carboxylic acids is 1. The smallest absolute Gasteiger partial charge is 0.222 e. The van der Waals surface area contributed by atoms with Gasteiger partial charge in [-0.15, -0.1) is 0 Å². The number of nitrogens with one attached hydrogen (secondary N) is 2. The Kier molecular flexibility index (Phi) is 5.09. The third kappa shape index (κ3) is 3.69. The molecule has 0 aromatic carbocycles. The van der Waals surface area contributed by atoms with E-state index in [4.69, 9.17) is 0 Å². The van der Waals surface area contributed by atoms with Gasteiger partial charge in [-0.2, -0.15) is 5.10 Å². The lowest BCUT2D eigenvalue weighted by molar-refractivity contribution is -0.130. The van der Waals surface area contributed by atoms with Crippen LogP contribution in [0, 0.1) is 5.92 Å². The quantitative estimate of drug-likeness (QED) is 0.861. The molecule has 140 valence electrons. The summed E-state index contributed by atoms with van der Waals surface area (Å²) in [6.07, 6.45) is 10.5. The summed E-state index contributed by atoms with van der Waals surface area (Å²) in [6.45, 7) is 4.02. The van der Waals surface area contributed by atoms with Crippen LogP contribution in [0.1, 0.15) is 57.6 Å². The SMILES string of the molecule is CC1CCN(C(=O)CCc2[nH]nc3ccnc(NC4CCCCC4)c23)C1. The van der Waals surface area contributed by atoms with E-state index in [0.29, 0.717) is 24.8 Å². The molecule has 6 heteroatoms. The molecule has 2 aliphatic rings. The largest absolute Gasteiger partial charge is 0.367 e. The Labute approximate surface area is 154 Å². The lowest BCUT2D eigenvalue weighted by Gasteiger charge is -2.23. The van der Waals surface area contributed by atoms with Crippen LogP contribution in [0.4, 0.5) is 5.82 Å². The minimum Gasteiger partial charge on any atom is -0.367 e. The van der Waals surface area contributed by atoms with Gasteiger partial charge in [-0.25, -0.2) is 4.98 Å². The topological polar surface area (TPSA) is 73.9 Å². The summed E-state index contributed by atoms with van der Waals surface area (Å²) in [5.74, 6) is 1.80. The number of H-pyrrole nitrogens is 1. The predicted molar refractivity (Wildman–Crippen MR) is 103 cm³/mol. The molecule has 4 rings (SSSR count). The van der Waals surface area contributed by atoms with Crippen LogP contribution in [0.5, 0.6) is 0 Å². The molecule has 6 nitrogen and oxygen atoms in total. The maximum absolute atomic E-state index is 12.5. The van der Waals surface area contributed by atoms with Crippen molar-refractivity contribution in [3.63, 3.8) is 0 Å². The van der Waals surface area contributed by atoms with Gasteiger partial charge in [-0.3, -0.25) is 9.89 Å².